The first-order chi connectivity index (χ1) is 8.60. The average Bonchev–Trinajstić information content (AvgIpc) is 2.29. The van der Waals surface area contributed by atoms with Gasteiger partial charge in [-0.2, -0.15) is 0 Å². The highest BCUT2D eigenvalue weighted by Crippen LogP contribution is 2.27. The summed E-state index contributed by atoms with van der Waals surface area (Å²) in [6.07, 6.45) is 1.32. The highest BCUT2D eigenvalue weighted by molar-refractivity contribution is 7.33. The molecule has 0 aliphatic carbocycles. The molecule has 0 radical (unpaired) electrons. The number of methoxy groups -OCH3 is 2. The molecule has 0 saturated heterocycles. The van der Waals surface area contributed by atoms with Crippen molar-refractivity contribution in [1.29, 1.82) is 0 Å². The predicted octanol–water partition coefficient (Wildman–Crippen LogP) is 1.10. The van der Waals surface area contributed by atoms with Crippen molar-refractivity contribution >= 4 is 8.25 Å². The lowest BCUT2D eigenvalue weighted by Crippen LogP contribution is -2.25. The molecule has 0 bridgehead atoms. The molecular formula is C10H24N2O5P+. The summed E-state index contributed by atoms with van der Waals surface area (Å²) in [5, 5.41) is 0. The maximum absolute atomic E-state index is 11.4. The Morgan fingerprint density at radius 3 is 1.67 bits per heavy atom. The highest BCUT2D eigenvalue weighted by Gasteiger charge is 2.28. The third-order valence-electron chi connectivity index (χ3n) is 2.12. The van der Waals surface area contributed by atoms with Crippen molar-refractivity contribution in [2.45, 2.75) is 38.1 Å². The second-order valence-corrected chi connectivity index (χ2v) is 4.65. The third kappa shape index (κ3) is 11.0. The van der Waals surface area contributed by atoms with Gasteiger partial charge in [-0.25, -0.2) is 0 Å². The zero-order chi connectivity index (χ0) is 13.8. The second kappa shape index (κ2) is 11.9. The summed E-state index contributed by atoms with van der Waals surface area (Å²) in [5.74, 6) is 0. The van der Waals surface area contributed by atoms with Gasteiger partial charge in [-0.15, -0.1) is 9.05 Å². The summed E-state index contributed by atoms with van der Waals surface area (Å²) in [5.41, 5.74) is 11.2. The fraction of sp³-hybridized carbons (Fsp3) is 1.00. The molecule has 0 aliphatic rings. The van der Waals surface area contributed by atoms with Gasteiger partial charge in [-0.1, -0.05) is 0 Å². The van der Waals surface area contributed by atoms with Crippen LogP contribution in [-0.4, -0.2) is 39.9 Å². The summed E-state index contributed by atoms with van der Waals surface area (Å²) >= 11 is 0. The highest BCUT2D eigenvalue weighted by atomic mass is 31.1. The van der Waals surface area contributed by atoms with Gasteiger partial charge in [0.1, 0.15) is 0 Å². The molecule has 0 spiro atoms. The quantitative estimate of drug-likeness (QED) is 0.314. The van der Waals surface area contributed by atoms with Crippen LogP contribution >= 0.6 is 8.25 Å². The molecule has 0 aromatic carbocycles. The molecule has 0 rings (SSSR count). The Morgan fingerprint density at radius 2 is 1.33 bits per heavy atom. The molecule has 2 atom stereocenters. The zero-order valence-electron chi connectivity index (χ0n) is 11.0. The molecule has 0 amide bonds. The summed E-state index contributed by atoms with van der Waals surface area (Å²) in [6.45, 7) is 1.18. The van der Waals surface area contributed by atoms with E-state index in [1.165, 1.54) is 0 Å². The molecule has 0 aromatic heterocycles. The van der Waals surface area contributed by atoms with Crippen LogP contribution in [0.4, 0.5) is 0 Å². The summed E-state index contributed by atoms with van der Waals surface area (Å²) in [6, 6.07) is 0. The zero-order valence-corrected chi connectivity index (χ0v) is 11.9. The van der Waals surface area contributed by atoms with Crippen molar-refractivity contribution in [3.05, 3.63) is 0 Å². The average molecular weight is 283 g/mol. The van der Waals surface area contributed by atoms with Crippen LogP contribution < -0.4 is 11.5 Å². The van der Waals surface area contributed by atoms with Crippen LogP contribution in [0.3, 0.4) is 0 Å². The normalized spacial score (nSPS) is 15.4. The van der Waals surface area contributed by atoms with Gasteiger partial charge in [-0.3, -0.25) is 0 Å². The van der Waals surface area contributed by atoms with E-state index in [2.05, 4.69) is 0 Å². The molecule has 18 heavy (non-hydrogen) atoms. The van der Waals surface area contributed by atoms with Crippen LogP contribution in [0.5, 0.6) is 0 Å². The Kier molecular flexibility index (Phi) is 11.8. The molecule has 8 heteroatoms. The monoisotopic (exact) mass is 283 g/mol. The number of hydrogen-bond acceptors (Lipinski definition) is 7. The van der Waals surface area contributed by atoms with Crippen molar-refractivity contribution in [1.82, 2.24) is 0 Å². The lowest BCUT2D eigenvalue weighted by atomic mass is 10.3. The van der Waals surface area contributed by atoms with Gasteiger partial charge >= 0.3 is 8.25 Å². The molecule has 2 unspecified atom stereocenters. The van der Waals surface area contributed by atoms with E-state index >= 15 is 0 Å². The van der Waals surface area contributed by atoms with Crippen LogP contribution in [0.15, 0.2) is 0 Å². The third-order valence-corrected chi connectivity index (χ3v) is 3.00. The van der Waals surface area contributed by atoms with Crippen molar-refractivity contribution in [2.24, 2.45) is 11.5 Å². The number of ether oxygens (including phenoxy) is 2. The van der Waals surface area contributed by atoms with Gasteiger partial charge in [0.25, 0.3) is 0 Å². The van der Waals surface area contributed by atoms with E-state index in [-0.39, 0.29) is 0 Å². The van der Waals surface area contributed by atoms with Crippen LogP contribution in [-0.2, 0) is 23.1 Å². The van der Waals surface area contributed by atoms with E-state index in [4.69, 9.17) is 30.0 Å². The Hall–Kier alpha value is -0.140. The van der Waals surface area contributed by atoms with Gasteiger partial charge in [0.2, 0.25) is 0 Å². The van der Waals surface area contributed by atoms with Gasteiger partial charge in [0, 0.05) is 32.0 Å². The summed E-state index contributed by atoms with van der Waals surface area (Å²) < 4.78 is 31.1. The van der Waals surface area contributed by atoms with E-state index in [0.29, 0.717) is 26.1 Å². The second-order valence-electron chi connectivity index (χ2n) is 3.78. The topological polar surface area (TPSA) is 106 Å². The summed E-state index contributed by atoms with van der Waals surface area (Å²) in [4.78, 5) is 0. The maximum Gasteiger partial charge on any atom is 0.700 e. The first kappa shape index (κ1) is 17.9. The first-order valence-corrected chi connectivity index (χ1v) is 6.99. The standard InChI is InChI=1S/C10H24N2O5P/c1-14-7-3-5-9(11)16-18(13)17-10(12)6-4-8-15-2/h9-10H,3-8,11-12H2,1-2H3/q+1. The molecule has 108 valence electrons. The van der Waals surface area contributed by atoms with Crippen LogP contribution in [0.2, 0.25) is 0 Å². The van der Waals surface area contributed by atoms with Crippen molar-refractivity contribution < 1.29 is 23.1 Å². The van der Waals surface area contributed by atoms with Crippen molar-refractivity contribution in [2.75, 3.05) is 27.4 Å². The molecule has 7 nitrogen and oxygen atoms in total. The Bertz CT molecular complexity index is 200. The van der Waals surface area contributed by atoms with Crippen LogP contribution in [0.25, 0.3) is 0 Å². The van der Waals surface area contributed by atoms with E-state index in [0.717, 1.165) is 12.8 Å². The van der Waals surface area contributed by atoms with E-state index in [1.54, 1.807) is 14.2 Å². The minimum atomic E-state index is -2.28. The lowest BCUT2D eigenvalue weighted by molar-refractivity contribution is 0.109. The number of rotatable bonds is 12. The Labute approximate surface area is 109 Å². The van der Waals surface area contributed by atoms with E-state index in [9.17, 15) is 4.57 Å². The van der Waals surface area contributed by atoms with Gasteiger partial charge < -0.3 is 20.9 Å². The number of nitrogens with two attached hydrogens (primary N) is 2. The minimum Gasteiger partial charge on any atom is -0.385 e. The predicted molar refractivity (Wildman–Crippen MR) is 67.9 cm³/mol. The lowest BCUT2D eigenvalue weighted by Gasteiger charge is -2.06. The first-order valence-electron chi connectivity index (χ1n) is 5.90. The number of hydrogen-bond donors (Lipinski definition) is 2. The Morgan fingerprint density at radius 1 is 0.944 bits per heavy atom. The van der Waals surface area contributed by atoms with Gasteiger partial charge in [0.05, 0.1) is 0 Å². The molecule has 0 heterocycles. The van der Waals surface area contributed by atoms with Crippen molar-refractivity contribution in [3.63, 3.8) is 0 Å². The summed E-state index contributed by atoms with van der Waals surface area (Å²) in [7, 11) is 0.930. The molecule has 0 aromatic rings. The molecular weight excluding hydrogens is 259 g/mol. The molecule has 0 saturated carbocycles. The van der Waals surface area contributed by atoms with E-state index in [1.807, 2.05) is 0 Å². The molecule has 0 aliphatic heterocycles. The Balaban J connectivity index is 3.61. The molecule has 0 fully saturated rings. The van der Waals surface area contributed by atoms with Crippen LogP contribution in [0, 0.1) is 0 Å². The van der Waals surface area contributed by atoms with Crippen LogP contribution in [0.1, 0.15) is 25.7 Å². The van der Waals surface area contributed by atoms with Gasteiger partial charge in [-0.05, 0) is 25.7 Å². The smallest absolute Gasteiger partial charge is 0.385 e. The minimum absolute atomic E-state index is 0.553. The fourth-order valence-electron chi connectivity index (χ4n) is 1.21. The molecule has 4 N–H and O–H groups in total. The van der Waals surface area contributed by atoms with Crippen molar-refractivity contribution in [3.8, 4) is 0 Å². The SMILES string of the molecule is COCCCC(N)O[P+](=O)OC(N)CCCOC. The fourth-order valence-corrected chi connectivity index (χ4v) is 1.91. The largest absolute Gasteiger partial charge is 0.700 e. The van der Waals surface area contributed by atoms with Gasteiger partial charge in [0.15, 0.2) is 12.5 Å². The maximum atomic E-state index is 11.4. The van der Waals surface area contributed by atoms with E-state index < -0.39 is 20.7 Å².